The number of nitrogens with zero attached hydrogens (tertiary/aromatic N) is 4. The van der Waals surface area contributed by atoms with Crippen LogP contribution in [0.5, 0.6) is 6.01 Å². The molecule has 0 spiro atoms. The molecule has 2 rings (SSSR count). The Labute approximate surface area is 124 Å². The van der Waals surface area contributed by atoms with Gasteiger partial charge in [-0.2, -0.15) is 15.0 Å². The third-order valence-electron chi connectivity index (χ3n) is 3.43. The lowest BCUT2D eigenvalue weighted by Gasteiger charge is -2.25. The predicted octanol–water partition coefficient (Wildman–Crippen LogP) is 1.89. The van der Waals surface area contributed by atoms with Gasteiger partial charge in [-0.1, -0.05) is 13.3 Å². The van der Waals surface area contributed by atoms with Gasteiger partial charge in [-0.15, -0.1) is 0 Å². The van der Waals surface area contributed by atoms with Crippen LogP contribution in [-0.2, 0) is 0 Å². The Morgan fingerprint density at radius 1 is 1.40 bits per heavy atom. The van der Waals surface area contributed by atoms with Gasteiger partial charge in [0.2, 0.25) is 11.2 Å². The van der Waals surface area contributed by atoms with Gasteiger partial charge in [-0.05, 0) is 37.4 Å². The molecule has 1 aliphatic heterocycles. The average molecular weight is 300 g/mol. The van der Waals surface area contributed by atoms with Crippen LogP contribution < -0.4 is 15.0 Å². The summed E-state index contributed by atoms with van der Waals surface area (Å²) < 4.78 is 5.07. The molecule has 0 aromatic carbocycles. The highest BCUT2D eigenvalue weighted by atomic mass is 35.5. The van der Waals surface area contributed by atoms with Crippen molar-refractivity contribution in [3.8, 4) is 6.01 Å². The molecule has 2 heterocycles. The summed E-state index contributed by atoms with van der Waals surface area (Å²) in [6, 6.07) is 0.759. The maximum absolute atomic E-state index is 5.94. The van der Waals surface area contributed by atoms with Crippen molar-refractivity contribution in [3.63, 3.8) is 0 Å². The molecular formula is C13H22ClN5O. The van der Waals surface area contributed by atoms with Gasteiger partial charge in [0.05, 0.1) is 7.11 Å². The van der Waals surface area contributed by atoms with Crippen LogP contribution in [0, 0.1) is 0 Å². The number of unbranched alkanes of at least 4 members (excludes halogenated alkanes) is 1. The summed E-state index contributed by atoms with van der Waals surface area (Å²) in [5.74, 6) is 0.601. The van der Waals surface area contributed by atoms with Crippen LogP contribution in [0.15, 0.2) is 0 Å². The highest BCUT2D eigenvalue weighted by molar-refractivity contribution is 6.28. The van der Waals surface area contributed by atoms with Crippen molar-refractivity contribution in [2.24, 2.45) is 0 Å². The minimum atomic E-state index is 0.174. The highest BCUT2D eigenvalue weighted by Crippen LogP contribution is 2.17. The fourth-order valence-electron chi connectivity index (χ4n) is 2.36. The number of anilines is 1. The van der Waals surface area contributed by atoms with Crippen LogP contribution in [-0.4, -0.2) is 47.7 Å². The van der Waals surface area contributed by atoms with E-state index in [1.54, 1.807) is 0 Å². The lowest BCUT2D eigenvalue weighted by atomic mass is 10.2. The summed E-state index contributed by atoms with van der Waals surface area (Å²) in [5, 5.41) is 3.67. The molecule has 1 atom stereocenters. The monoisotopic (exact) mass is 299 g/mol. The topological polar surface area (TPSA) is 63.2 Å². The Balaban J connectivity index is 2.13. The number of hydrogen-bond donors (Lipinski definition) is 1. The Bertz CT molecular complexity index is 425. The second-order valence-corrected chi connectivity index (χ2v) is 5.32. The quantitative estimate of drug-likeness (QED) is 0.829. The van der Waals surface area contributed by atoms with Crippen molar-refractivity contribution in [2.45, 2.75) is 38.6 Å². The minimum Gasteiger partial charge on any atom is -0.467 e. The fourth-order valence-corrected chi connectivity index (χ4v) is 2.50. The SMILES string of the molecule is CCCCN(CC1CCCN1)c1nc(Cl)nc(OC)n1. The molecule has 20 heavy (non-hydrogen) atoms. The van der Waals surface area contributed by atoms with Crippen LogP contribution in [0.2, 0.25) is 5.28 Å². The second kappa shape index (κ2) is 7.59. The predicted molar refractivity (Wildman–Crippen MR) is 79.5 cm³/mol. The summed E-state index contributed by atoms with van der Waals surface area (Å²) in [6.45, 7) is 5.07. The lowest BCUT2D eigenvalue weighted by Crippen LogP contribution is -2.39. The van der Waals surface area contributed by atoms with Gasteiger partial charge in [-0.25, -0.2) is 0 Å². The van der Waals surface area contributed by atoms with Gasteiger partial charge in [0, 0.05) is 19.1 Å². The minimum absolute atomic E-state index is 0.174. The normalized spacial score (nSPS) is 18.2. The van der Waals surface area contributed by atoms with E-state index in [0.29, 0.717) is 12.0 Å². The van der Waals surface area contributed by atoms with Crippen LogP contribution in [0.3, 0.4) is 0 Å². The first-order valence-corrected chi connectivity index (χ1v) is 7.54. The van der Waals surface area contributed by atoms with E-state index in [9.17, 15) is 0 Å². The van der Waals surface area contributed by atoms with Crippen molar-refractivity contribution in [2.75, 3.05) is 31.6 Å². The molecule has 112 valence electrons. The summed E-state index contributed by atoms with van der Waals surface area (Å²) in [6.07, 6.45) is 4.65. The first kappa shape index (κ1) is 15.3. The Morgan fingerprint density at radius 2 is 2.25 bits per heavy atom. The summed E-state index contributed by atoms with van der Waals surface area (Å²) in [5.41, 5.74) is 0. The molecule has 1 aromatic heterocycles. The van der Waals surface area contributed by atoms with Gasteiger partial charge in [0.15, 0.2) is 0 Å². The Kier molecular flexibility index (Phi) is 5.79. The number of halogens is 1. The number of aromatic nitrogens is 3. The van der Waals surface area contributed by atoms with E-state index in [2.05, 4.69) is 32.1 Å². The maximum Gasteiger partial charge on any atom is 0.322 e. The molecule has 1 fully saturated rings. The first-order chi connectivity index (χ1) is 9.72. The number of hydrogen-bond acceptors (Lipinski definition) is 6. The molecular weight excluding hydrogens is 278 g/mol. The summed E-state index contributed by atoms with van der Waals surface area (Å²) in [4.78, 5) is 14.6. The van der Waals surface area contributed by atoms with E-state index in [0.717, 1.165) is 32.5 Å². The van der Waals surface area contributed by atoms with Crippen molar-refractivity contribution >= 4 is 17.5 Å². The molecule has 1 unspecified atom stereocenters. The zero-order valence-corrected chi connectivity index (χ0v) is 12.9. The highest BCUT2D eigenvalue weighted by Gasteiger charge is 2.20. The van der Waals surface area contributed by atoms with Gasteiger partial charge < -0.3 is 15.0 Å². The van der Waals surface area contributed by atoms with E-state index in [1.165, 1.54) is 20.0 Å². The van der Waals surface area contributed by atoms with Crippen molar-refractivity contribution < 1.29 is 4.74 Å². The maximum atomic E-state index is 5.94. The molecule has 1 aromatic rings. The lowest BCUT2D eigenvalue weighted by molar-refractivity contribution is 0.377. The summed E-state index contributed by atoms with van der Waals surface area (Å²) in [7, 11) is 1.53. The fraction of sp³-hybridized carbons (Fsp3) is 0.769. The molecule has 6 nitrogen and oxygen atoms in total. The van der Waals surface area contributed by atoms with E-state index in [-0.39, 0.29) is 11.3 Å². The molecule has 7 heteroatoms. The first-order valence-electron chi connectivity index (χ1n) is 7.16. The zero-order valence-electron chi connectivity index (χ0n) is 12.1. The standard InChI is InChI=1S/C13H22ClN5O/c1-3-4-8-19(9-10-6-5-7-15-10)12-16-11(14)17-13(18-12)20-2/h10,15H,3-9H2,1-2H3. The number of nitrogens with one attached hydrogen (secondary N) is 1. The molecule has 0 amide bonds. The molecule has 1 saturated heterocycles. The van der Waals surface area contributed by atoms with Gasteiger partial charge in [0.25, 0.3) is 0 Å². The van der Waals surface area contributed by atoms with Crippen molar-refractivity contribution in [3.05, 3.63) is 5.28 Å². The third-order valence-corrected chi connectivity index (χ3v) is 3.59. The Morgan fingerprint density at radius 3 is 2.90 bits per heavy atom. The number of ether oxygens (including phenoxy) is 1. The average Bonchev–Trinajstić information content (AvgIpc) is 2.95. The van der Waals surface area contributed by atoms with Crippen LogP contribution in [0.4, 0.5) is 5.95 Å². The smallest absolute Gasteiger partial charge is 0.322 e. The molecule has 1 aliphatic rings. The zero-order chi connectivity index (χ0) is 14.4. The van der Waals surface area contributed by atoms with Gasteiger partial charge in [0.1, 0.15) is 0 Å². The summed E-state index contributed by atoms with van der Waals surface area (Å²) >= 11 is 5.94. The van der Waals surface area contributed by atoms with Crippen LogP contribution in [0.1, 0.15) is 32.6 Å². The Hall–Kier alpha value is -1.14. The van der Waals surface area contributed by atoms with Crippen LogP contribution in [0.25, 0.3) is 0 Å². The van der Waals surface area contributed by atoms with Crippen molar-refractivity contribution in [1.82, 2.24) is 20.3 Å². The molecule has 0 radical (unpaired) electrons. The van der Waals surface area contributed by atoms with Crippen LogP contribution >= 0.6 is 11.6 Å². The molecule has 0 aliphatic carbocycles. The molecule has 0 saturated carbocycles. The number of methoxy groups -OCH3 is 1. The van der Waals surface area contributed by atoms with Gasteiger partial charge in [-0.3, -0.25) is 0 Å². The van der Waals surface area contributed by atoms with E-state index in [4.69, 9.17) is 16.3 Å². The molecule has 0 bridgehead atoms. The second-order valence-electron chi connectivity index (χ2n) is 4.98. The number of rotatable bonds is 7. The van der Waals surface area contributed by atoms with E-state index in [1.807, 2.05) is 0 Å². The van der Waals surface area contributed by atoms with Crippen molar-refractivity contribution in [1.29, 1.82) is 0 Å². The van der Waals surface area contributed by atoms with E-state index < -0.39 is 0 Å². The van der Waals surface area contributed by atoms with Gasteiger partial charge >= 0.3 is 6.01 Å². The third kappa shape index (κ3) is 4.18. The molecule has 1 N–H and O–H groups in total. The largest absolute Gasteiger partial charge is 0.467 e. The van der Waals surface area contributed by atoms with E-state index >= 15 is 0 Å².